The highest BCUT2D eigenvalue weighted by Crippen LogP contribution is 2.08. The maximum atomic E-state index is 4.60. The van der Waals surface area contributed by atoms with Crippen LogP contribution in [0.25, 0.3) is 5.65 Å². The van der Waals surface area contributed by atoms with Crippen molar-refractivity contribution in [2.45, 2.75) is 32.7 Å². The van der Waals surface area contributed by atoms with Gasteiger partial charge in [0.15, 0.2) is 0 Å². The first-order chi connectivity index (χ1) is 9.20. The summed E-state index contributed by atoms with van der Waals surface area (Å²) in [6.07, 6.45) is 8.16. The average molecular weight is 257 g/mol. The van der Waals surface area contributed by atoms with Gasteiger partial charge in [-0.1, -0.05) is 19.1 Å². The lowest BCUT2D eigenvalue weighted by molar-refractivity contribution is 0.405. The van der Waals surface area contributed by atoms with E-state index in [0.29, 0.717) is 12.0 Å². The SMILES string of the molecule is C=CCC(C)C(C)NCCc1cn2ccccc2n1. The standard InChI is InChI=1S/C16H23N3/c1-4-7-13(2)14(3)17-10-9-15-12-19-11-6-5-8-16(19)18-15/h4-6,8,11-14,17H,1,7,9-10H2,2-3H3. The summed E-state index contributed by atoms with van der Waals surface area (Å²) in [7, 11) is 0. The van der Waals surface area contributed by atoms with Gasteiger partial charge in [-0.25, -0.2) is 4.98 Å². The number of pyridine rings is 1. The van der Waals surface area contributed by atoms with Crippen molar-refractivity contribution in [3.05, 3.63) is 48.9 Å². The molecular weight excluding hydrogens is 234 g/mol. The molecule has 1 N–H and O–H groups in total. The summed E-state index contributed by atoms with van der Waals surface area (Å²) in [5.41, 5.74) is 2.16. The molecule has 2 unspecified atom stereocenters. The molecule has 0 saturated heterocycles. The first-order valence-corrected chi connectivity index (χ1v) is 6.97. The molecule has 0 radical (unpaired) electrons. The molecule has 0 bridgehead atoms. The summed E-state index contributed by atoms with van der Waals surface area (Å²) < 4.78 is 2.07. The number of fused-ring (bicyclic) bond motifs is 1. The van der Waals surface area contributed by atoms with Gasteiger partial charge < -0.3 is 9.72 Å². The highest BCUT2D eigenvalue weighted by atomic mass is 15.0. The van der Waals surface area contributed by atoms with Gasteiger partial charge in [-0.05, 0) is 31.4 Å². The predicted octanol–water partition coefficient (Wildman–Crippen LogP) is 3.07. The van der Waals surface area contributed by atoms with Crippen molar-refractivity contribution >= 4 is 5.65 Å². The van der Waals surface area contributed by atoms with Crippen LogP contribution in [0.3, 0.4) is 0 Å². The second-order valence-corrected chi connectivity index (χ2v) is 5.19. The van der Waals surface area contributed by atoms with Crippen LogP contribution in [0.2, 0.25) is 0 Å². The second kappa shape index (κ2) is 6.53. The lowest BCUT2D eigenvalue weighted by Crippen LogP contribution is -2.33. The molecule has 2 aromatic rings. The monoisotopic (exact) mass is 257 g/mol. The van der Waals surface area contributed by atoms with E-state index in [1.54, 1.807) is 0 Å². The van der Waals surface area contributed by atoms with Crippen molar-refractivity contribution in [2.24, 2.45) is 5.92 Å². The van der Waals surface area contributed by atoms with Crippen LogP contribution in [0.1, 0.15) is 26.0 Å². The van der Waals surface area contributed by atoms with Crippen molar-refractivity contribution in [3.8, 4) is 0 Å². The Balaban J connectivity index is 1.83. The minimum atomic E-state index is 0.509. The summed E-state index contributed by atoms with van der Waals surface area (Å²) in [6.45, 7) is 9.25. The molecule has 0 fully saturated rings. The van der Waals surface area contributed by atoms with Gasteiger partial charge in [0, 0.05) is 31.4 Å². The Labute approximate surface area is 115 Å². The number of hydrogen-bond donors (Lipinski definition) is 1. The molecule has 0 aliphatic carbocycles. The van der Waals surface area contributed by atoms with Crippen molar-refractivity contribution in [2.75, 3.05) is 6.54 Å². The fraction of sp³-hybridized carbons (Fsp3) is 0.438. The summed E-state index contributed by atoms with van der Waals surface area (Å²) in [4.78, 5) is 4.60. The minimum Gasteiger partial charge on any atom is -0.314 e. The van der Waals surface area contributed by atoms with Crippen LogP contribution in [0.15, 0.2) is 43.2 Å². The molecule has 2 atom stereocenters. The van der Waals surface area contributed by atoms with E-state index >= 15 is 0 Å². The molecule has 2 aromatic heterocycles. The zero-order chi connectivity index (χ0) is 13.7. The molecule has 102 valence electrons. The number of allylic oxidation sites excluding steroid dienone is 1. The minimum absolute atomic E-state index is 0.509. The average Bonchev–Trinajstić information content (AvgIpc) is 2.81. The first-order valence-electron chi connectivity index (χ1n) is 6.97. The van der Waals surface area contributed by atoms with E-state index in [2.05, 4.69) is 41.3 Å². The third-order valence-corrected chi connectivity index (χ3v) is 3.65. The van der Waals surface area contributed by atoms with Crippen LogP contribution < -0.4 is 5.32 Å². The summed E-state index contributed by atoms with van der Waals surface area (Å²) in [5, 5.41) is 3.56. The van der Waals surface area contributed by atoms with E-state index in [1.165, 1.54) is 0 Å². The van der Waals surface area contributed by atoms with Crippen molar-refractivity contribution < 1.29 is 0 Å². The molecule has 0 saturated carbocycles. The summed E-state index contributed by atoms with van der Waals surface area (Å²) in [5.74, 6) is 0.624. The Morgan fingerprint density at radius 3 is 3.00 bits per heavy atom. The maximum Gasteiger partial charge on any atom is 0.136 e. The van der Waals surface area contributed by atoms with Crippen molar-refractivity contribution in [3.63, 3.8) is 0 Å². The molecule has 19 heavy (non-hydrogen) atoms. The Morgan fingerprint density at radius 2 is 2.26 bits per heavy atom. The zero-order valence-corrected chi connectivity index (χ0v) is 11.8. The van der Waals surface area contributed by atoms with E-state index in [0.717, 1.165) is 30.7 Å². The van der Waals surface area contributed by atoms with Gasteiger partial charge in [0.1, 0.15) is 5.65 Å². The maximum absolute atomic E-state index is 4.60. The summed E-state index contributed by atoms with van der Waals surface area (Å²) in [6, 6.07) is 6.58. The fourth-order valence-corrected chi connectivity index (χ4v) is 2.20. The lowest BCUT2D eigenvalue weighted by atomic mass is 10.00. The van der Waals surface area contributed by atoms with Crippen LogP contribution in [0, 0.1) is 5.92 Å². The largest absolute Gasteiger partial charge is 0.314 e. The molecule has 0 spiro atoms. The number of nitrogens with zero attached hydrogens (tertiary/aromatic N) is 2. The van der Waals surface area contributed by atoms with Crippen molar-refractivity contribution in [1.82, 2.24) is 14.7 Å². The van der Waals surface area contributed by atoms with Crippen LogP contribution in [0.5, 0.6) is 0 Å². The molecule has 0 aliphatic heterocycles. The predicted molar refractivity (Wildman–Crippen MR) is 80.3 cm³/mol. The van der Waals surface area contributed by atoms with E-state index in [4.69, 9.17) is 0 Å². The Hall–Kier alpha value is -1.61. The van der Waals surface area contributed by atoms with Crippen molar-refractivity contribution in [1.29, 1.82) is 0 Å². The molecule has 3 heteroatoms. The molecule has 2 heterocycles. The van der Waals surface area contributed by atoms with E-state index in [9.17, 15) is 0 Å². The van der Waals surface area contributed by atoms with Crippen LogP contribution >= 0.6 is 0 Å². The number of rotatable bonds is 7. The van der Waals surface area contributed by atoms with E-state index < -0.39 is 0 Å². The van der Waals surface area contributed by atoms with E-state index in [1.807, 2.05) is 30.5 Å². The lowest BCUT2D eigenvalue weighted by Gasteiger charge is -2.19. The van der Waals surface area contributed by atoms with Crippen LogP contribution in [0.4, 0.5) is 0 Å². The highest BCUT2D eigenvalue weighted by molar-refractivity contribution is 5.39. The molecule has 3 nitrogen and oxygen atoms in total. The quantitative estimate of drug-likeness (QED) is 0.772. The molecule has 0 aliphatic rings. The number of aromatic nitrogens is 2. The molecule has 0 amide bonds. The van der Waals surface area contributed by atoms with Crippen LogP contribution in [-0.2, 0) is 6.42 Å². The Morgan fingerprint density at radius 1 is 1.42 bits per heavy atom. The Kier molecular flexibility index (Phi) is 4.74. The fourth-order valence-electron chi connectivity index (χ4n) is 2.20. The number of imidazole rings is 1. The van der Waals surface area contributed by atoms with Gasteiger partial charge in [-0.15, -0.1) is 6.58 Å². The Bertz CT molecular complexity index is 497. The topological polar surface area (TPSA) is 29.3 Å². The molecular formula is C16H23N3. The smallest absolute Gasteiger partial charge is 0.136 e. The third kappa shape index (κ3) is 3.67. The number of hydrogen-bond acceptors (Lipinski definition) is 2. The molecule has 0 aromatic carbocycles. The third-order valence-electron chi connectivity index (χ3n) is 3.65. The normalized spacial score (nSPS) is 14.4. The van der Waals surface area contributed by atoms with Gasteiger partial charge in [0.05, 0.1) is 5.69 Å². The van der Waals surface area contributed by atoms with Gasteiger partial charge in [0.2, 0.25) is 0 Å². The van der Waals surface area contributed by atoms with Gasteiger partial charge in [-0.3, -0.25) is 0 Å². The summed E-state index contributed by atoms with van der Waals surface area (Å²) >= 11 is 0. The second-order valence-electron chi connectivity index (χ2n) is 5.19. The van der Waals surface area contributed by atoms with Gasteiger partial charge in [-0.2, -0.15) is 0 Å². The number of nitrogens with one attached hydrogen (secondary N) is 1. The van der Waals surface area contributed by atoms with Gasteiger partial charge in [0.25, 0.3) is 0 Å². The zero-order valence-electron chi connectivity index (χ0n) is 11.8. The first kappa shape index (κ1) is 13.8. The highest BCUT2D eigenvalue weighted by Gasteiger charge is 2.09. The van der Waals surface area contributed by atoms with E-state index in [-0.39, 0.29) is 0 Å². The van der Waals surface area contributed by atoms with Gasteiger partial charge >= 0.3 is 0 Å². The molecule has 2 rings (SSSR count). The van der Waals surface area contributed by atoms with Crippen LogP contribution in [-0.4, -0.2) is 22.0 Å².